The van der Waals surface area contributed by atoms with Crippen molar-refractivity contribution in [3.63, 3.8) is 0 Å². The third kappa shape index (κ3) is 3.07. The Kier molecular flexibility index (Phi) is 3.93. The Morgan fingerprint density at radius 3 is 2.86 bits per heavy atom. The van der Waals surface area contributed by atoms with E-state index in [1.54, 1.807) is 12.1 Å². The molecule has 1 aromatic rings. The topological polar surface area (TPSA) is 75.4 Å². The molecule has 5 nitrogen and oxygen atoms in total. The average molecular weight is 324 g/mol. The Morgan fingerprint density at radius 2 is 2.24 bits per heavy atom. The SMILES string of the molecule is NC1CCN(c2cc(Cl)ccc2/C=C2\SC(=O)NC2=O)C1. The Morgan fingerprint density at radius 1 is 1.43 bits per heavy atom. The van der Waals surface area contributed by atoms with Gasteiger partial charge in [-0.25, -0.2) is 0 Å². The highest BCUT2D eigenvalue weighted by Gasteiger charge is 2.26. The van der Waals surface area contributed by atoms with Gasteiger partial charge in [-0.3, -0.25) is 14.9 Å². The molecule has 0 saturated carbocycles. The van der Waals surface area contributed by atoms with Gasteiger partial charge in [-0.1, -0.05) is 17.7 Å². The molecule has 0 aromatic heterocycles. The van der Waals surface area contributed by atoms with Crippen molar-refractivity contribution in [1.29, 1.82) is 0 Å². The van der Waals surface area contributed by atoms with Crippen molar-refractivity contribution in [3.8, 4) is 0 Å². The number of hydrogen-bond donors (Lipinski definition) is 2. The lowest BCUT2D eigenvalue weighted by Crippen LogP contribution is -2.26. The van der Waals surface area contributed by atoms with E-state index in [1.165, 1.54) is 0 Å². The fourth-order valence-corrected chi connectivity index (χ4v) is 3.32. The lowest BCUT2D eigenvalue weighted by molar-refractivity contribution is -0.115. The second kappa shape index (κ2) is 5.71. The van der Waals surface area contributed by atoms with Crippen molar-refractivity contribution >= 4 is 46.3 Å². The van der Waals surface area contributed by atoms with E-state index >= 15 is 0 Å². The summed E-state index contributed by atoms with van der Waals surface area (Å²) in [4.78, 5) is 25.4. The molecule has 2 heterocycles. The number of nitrogens with two attached hydrogens (primary N) is 1. The van der Waals surface area contributed by atoms with Gasteiger partial charge in [-0.2, -0.15) is 0 Å². The van der Waals surface area contributed by atoms with Crippen molar-refractivity contribution in [1.82, 2.24) is 5.32 Å². The molecule has 110 valence electrons. The molecule has 21 heavy (non-hydrogen) atoms. The molecule has 2 aliphatic heterocycles. The number of amides is 2. The molecular formula is C14H14ClN3O2S. The van der Waals surface area contributed by atoms with Crippen molar-refractivity contribution in [2.45, 2.75) is 12.5 Å². The van der Waals surface area contributed by atoms with Crippen LogP contribution < -0.4 is 16.0 Å². The molecule has 7 heteroatoms. The van der Waals surface area contributed by atoms with Gasteiger partial charge in [-0.15, -0.1) is 0 Å². The first-order valence-corrected chi connectivity index (χ1v) is 7.77. The molecule has 2 aliphatic rings. The summed E-state index contributed by atoms with van der Waals surface area (Å²) < 4.78 is 0. The predicted molar refractivity (Wildman–Crippen MR) is 85.4 cm³/mol. The van der Waals surface area contributed by atoms with Gasteiger partial charge in [-0.05, 0) is 42.0 Å². The molecule has 2 saturated heterocycles. The minimum absolute atomic E-state index is 0.148. The number of carbonyl (C=O) groups excluding carboxylic acids is 2. The first kappa shape index (κ1) is 14.4. The number of imide groups is 1. The third-order valence-electron chi connectivity index (χ3n) is 3.49. The van der Waals surface area contributed by atoms with E-state index in [-0.39, 0.29) is 17.2 Å². The van der Waals surface area contributed by atoms with Crippen LogP contribution in [0.4, 0.5) is 10.5 Å². The van der Waals surface area contributed by atoms with Gasteiger partial charge in [0.1, 0.15) is 0 Å². The molecular weight excluding hydrogens is 310 g/mol. The molecule has 0 spiro atoms. The standard InChI is InChI=1S/C14H14ClN3O2S/c15-9-2-1-8(5-12-13(19)17-14(20)21-12)11(6-9)18-4-3-10(16)7-18/h1-2,5-6,10H,3-4,7,16H2,(H,17,19,20)/b12-5-. The van der Waals surface area contributed by atoms with Crippen molar-refractivity contribution in [3.05, 3.63) is 33.7 Å². The van der Waals surface area contributed by atoms with Crippen molar-refractivity contribution in [2.75, 3.05) is 18.0 Å². The number of hydrogen-bond acceptors (Lipinski definition) is 5. The smallest absolute Gasteiger partial charge is 0.290 e. The Labute approximate surface area is 131 Å². The number of rotatable bonds is 2. The predicted octanol–water partition coefficient (Wildman–Crippen LogP) is 2.20. The van der Waals surface area contributed by atoms with Crippen molar-refractivity contribution in [2.24, 2.45) is 5.73 Å². The molecule has 3 rings (SSSR count). The van der Waals surface area contributed by atoms with Crippen LogP contribution in [-0.4, -0.2) is 30.3 Å². The molecule has 2 amide bonds. The molecule has 2 fully saturated rings. The number of thioether (sulfide) groups is 1. The molecule has 1 aromatic carbocycles. The molecule has 0 bridgehead atoms. The van der Waals surface area contributed by atoms with Crippen LogP contribution in [0.1, 0.15) is 12.0 Å². The summed E-state index contributed by atoms with van der Waals surface area (Å²) in [6.45, 7) is 1.62. The van der Waals surface area contributed by atoms with Gasteiger partial charge in [0.25, 0.3) is 11.1 Å². The highest BCUT2D eigenvalue weighted by Crippen LogP contribution is 2.32. The van der Waals surface area contributed by atoms with Crippen LogP contribution >= 0.6 is 23.4 Å². The molecule has 1 unspecified atom stereocenters. The fourth-order valence-electron chi connectivity index (χ4n) is 2.48. The Bertz CT molecular complexity index is 647. The lowest BCUT2D eigenvalue weighted by Gasteiger charge is -2.21. The van der Waals surface area contributed by atoms with Gasteiger partial charge in [0.05, 0.1) is 4.91 Å². The minimum Gasteiger partial charge on any atom is -0.369 e. The maximum absolute atomic E-state index is 11.7. The summed E-state index contributed by atoms with van der Waals surface area (Å²) in [5, 5.41) is 2.54. The zero-order chi connectivity index (χ0) is 15.0. The Hall–Kier alpha value is -1.50. The van der Waals surface area contributed by atoms with E-state index < -0.39 is 0 Å². The number of anilines is 1. The molecule has 1 atom stereocenters. The largest absolute Gasteiger partial charge is 0.369 e. The monoisotopic (exact) mass is 323 g/mol. The van der Waals surface area contributed by atoms with E-state index in [1.807, 2.05) is 12.1 Å². The maximum Gasteiger partial charge on any atom is 0.290 e. The van der Waals surface area contributed by atoms with Crippen molar-refractivity contribution < 1.29 is 9.59 Å². The zero-order valence-electron chi connectivity index (χ0n) is 11.1. The first-order chi connectivity index (χ1) is 10.0. The van der Waals surface area contributed by atoms with Crippen LogP contribution in [0.25, 0.3) is 6.08 Å². The molecule has 3 N–H and O–H groups in total. The summed E-state index contributed by atoms with van der Waals surface area (Å²) in [7, 11) is 0. The van der Waals surface area contributed by atoms with E-state index in [9.17, 15) is 9.59 Å². The summed E-state index contributed by atoms with van der Waals surface area (Å²) in [5.41, 5.74) is 7.75. The normalized spacial score (nSPS) is 24.0. The number of benzene rings is 1. The van der Waals surface area contributed by atoms with E-state index in [0.717, 1.165) is 42.5 Å². The zero-order valence-corrected chi connectivity index (χ0v) is 12.7. The highest BCUT2D eigenvalue weighted by atomic mass is 35.5. The van der Waals surface area contributed by atoms with Gasteiger partial charge in [0, 0.05) is 29.8 Å². The van der Waals surface area contributed by atoms with Crippen LogP contribution in [0, 0.1) is 0 Å². The maximum atomic E-state index is 11.7. The van der Waals surface area contributed by atoms with Crippen LogP contribution in [0.3, 0.4) is 0 Å². The highest BCUT2D eigenvalue weighted by molar-refractivity contribution is 8.18. The summed E-state index contributed by atoms with van der Waals surface area (Å²) in [6, 6.07) is 5.64. The number of carbonyl (C=O) groups is 2. The molecule has 0 radical (unpaired) electrons. The summed E-state index contributed by atoms with van der Waals surface area (Å²) in [6.07, 6.45) is 2.65. The van der Waals surface area contributed by atoms with Crippen LogP contribution in [0.15, 0.2) is 23.1 Å². The number of halogens is 1. The Balaban J connectivity index is 1.97. The number of nitrogens with zero attached hydrogens (tertiary/aromatic N) is 1. The van der Waals surface area contributed by atoms with Gasteiger partial charge in [0.15, 0.2) is 0 Å². The summed E-state index contributed by atoms with van der Waals surface area (Å²) >= 11 is 6.99. The summed E-state index contributed by atoms with van der Waals surface area (Å²) in [5.74, 6) is -0.357. The van der Waals surface area contributed by atoms with Crippen LogP contribution in [-0.2, 0) is 4.79 Å². The quantitative estimate of drug-likeness (QED) is 0.816. The average Bonchev–Trinajstić information content (AvgIpc) is 2.98. The van der Waals surface area contributed by atoms with Crippen LogP contribution in [0.5, 0.6) is 0 Å². The van der Waals surface area contributed by atoms with Gasteiger partial charge in [0.2, 0.25) is 0 Å². The van der Waals surface area contributed by atoms with E-state index in [4.69, 9.17) is 17.3 Å². The second-order valence-corrected chi connectivity index (χ2v) is 6.50. The first-order valence-electron chi connectivity index (χ1n) is 6.58. The van der Waals surface area contributed by atoms with Gasteiger partial charge < -0.3 is 10.6 Å². The lowest BCUT2D eigenvalue weighted by atomic mass is 10.1. The second-order valence-electron chi connectivity index (χ2n) is 5.05. The number of nitrogens with one attached hydrogen (secondary N) is 1. The fraction of sp³-hybridized carbons (Fsp3) is 0.286. The van der Waals surface area contributed by atoms with Crippen LogP contribution in [0.2, 0.25) is 5.02 Å². The van der Waals surface area contributed by atoms with Gasteiger partial charge >= 0.3 is 0 Å². The van der Waals surface area contributed by atoms with E-state index in [2.05, 4.69) is 10.2 Å². The minimum atomic E-state index is -0.357. The van der Waals surface area contributed by atoms with E-state index in [0.29, 0.717) is 9.93 Å². The third-order valence-corrected chi connectivity index (χ3v) is 4.53. The molecule has 0 aliphatic carbocycles.